The summed E-state index contributed by atoms with van der Waals surface area (Å²) in [6.07, 6.45) is 0. The Kier molecular flexibility index (Phi) is 4.29. The van der Waals surface area contributed by atoms with Crippen LogP contribution in [0.15, 0.2) is 5.10 Å². The zero-order valence-corrected chi connectivity index (χ0v) is 7.94. The molecule has 0 atom stereocenters. The predicted molar refractivity (Wildman–Crippen MR) is 49.4 cm³/mol. The van der Waals surface area contributed by atoms with Crippen LogP contribution in [-0.2, 0) is 4.74 Å². The lowest BCUT2D eigenvalue weighted by Gasteiger charge is -2.21. The Morgan fingerprint density at radius 2 is 2.18 bits per heavy atom. The van der Waals surface area contributed by atoms with E-state index in [4.69, 9.17) is 16.3 Å². The number of amidine groups is 1. The maximum absolute atomic E-state index is 5.37. The van der Waals surface area contributed by atoms with Crippen LogP contribution in [-0.4, -0.2) is 23.6 Å². The largest absolute Gasteiger partial charge is 0.378 e. The predicted octanol–water partition coefficient (Wildman–Crippen LogP) is 0.333. The van der Waals surface area contributed by atoms with Gasteiger partial charge in [-0.1, -0.05) is 11.8 Å². The maximum Gasteiger partial charge on any atom is 0.177 e. The highest BCUT2D eigenvalue weighted by Crippen LogP contribution is 2.15. The van der Waals surface area contributed by atoms with Gasteiger partial charge in [-0.3, -0.25) is 0 Å². The fourth-order valence-corrected chi connectivity index (χ4v) is 1.03. The molecule has 5 heteroatoms. The maximum atomic E-state index is 5.37. The van der Waals surface area contributed by atoms with Gasteiger partial charge in [0.25, 0.3) is 0 Å². The molecule has 0 aromatic carbocycles. The lowest BCUT2D eigenvalue weighted by Crippen LogP contribution is -2.27. The van der Waals surface area contributed by atoms with Gasteiger partial charge in [-0.25, -0.2) is 0 Å². The minimum absolute atomic E-state index is 0.181. The van der Waals surface area contributed by atoms with E-state index in [9.17, 15) is 0 Å². The van der Waals surface area contributed by atoms with Crippen molar-refractivity contribution in [3.63, 3.8) is 0 Å². The van der Waals surface area contributed by atoms with Crippen LogP contribution in [0.2, 0.25) is 0 Å². The minimum atomic E-state index is -0.181. The summed E-state index contributed by atoms with van der Waals surface area (Å²) in [6, 6.07) is 0. The molecule has 0 saturated carbocycles. The Balaban J connectivity index is 3.70. The lowest BCUT2D eigenvalue weighted by molar-refractivity contribution is 0.0442. The third kappa shape index (κ3) is 4.92. The summed E-state index contributed by atoms with van der Waals surface area (Å²) in [6.45, 7) is 3.95. The molecule has 0 aliphatic heterocycles. The fourth-order valence-electron chi connectivity index (χ4n) is 0.344. The normalized spacial score (nSPS) is 13.5. The van der Waals surface area contributed by atoms with E-state index in [0.717, 1.165) is 5.75 Å². The van der Waals surface area contributed by atoms with Crippen molar-refractivity contribution in [1.82, 2.24) is 0 Å². The Labute approximate surface area is 71.3 Å². The van der Waals surface area contributed by atoms with E-state index < -0.39 is 0 Å². The van der Waals surface area contributed by atoms with Crippen LogP contribution >= 0.6 is 11.8 Å². The van der Waals surface area contributed by atoms with Crippen molar-refractivity contribution in [3.05, 3.63) is 0 Å². The first-order valence-corrected chi connectivity index (χ1v) is 4.21. The molecular weight excluding hydrogens is 162 g/mol. The van der Waals surface area contributed by atoms with Crippen molar-refractivity contribution in [2.75, 3.05) is 12.9 Å². The highest BCUT2D eigenvalue weighted by atomic mass is 32.2. The standard InChI is InChI=1S/C6H15N3OS/c1-6(2,10-3)4-11-5(7)9-8/h4,8H2,1-3H3,(H2,7,9). The number of methoxy groups -OCH3 is 1. The first kappa shape index (κ1) is 10.6. The number of nitrogens with zero attached hydrogens (tertiary/aromatic N) is 1. The quantitative estimate of drug-likeness (QED) is 0.282. The molecule has 0 radical (unpaired) electrons. The highest BCUT2D eigenvalue weighted by molar-refractivity contribution is 8.13. The summed E-state index contributed by atoms with van der Waals surface area (Å²) < 4.78 is 5.16. The van der Waals surface area contributed by atoms with Crippen molar-refractivity contribution in [1.29, 1.82) is 0 Å². The first-order valence-electron chi connectivity index (χ1n) is 3.23. The van der Waals surface area contributed by atoms with E-state index in [1.165, 1.54) is 11.8 Å². The molecule has 11 heavy (non-hydrogen) atoms. The molecule has 0 aromatic heterocycles. The molecule has 0 aliphatic rings. The smallest absolute Gasteiger partial charge is 0.177 e. The Bertz CT molecular complexity index is 147. The van der Waals surface area contributed by atoms with E-state index in [0.29, 0.717) is 5.17 Å². The van der Waals surface area contributed by atoms with Gasteiger partial charge in [-0.05, 0) is 13.8 Å². The molecule has 0 amide bonds. The van der Waals surface area contributed by atoms with Crippen molar-refractivity contribution >= 4 is 16.9 Å². The lowest BCUT2D eigenvalue weighted by atomic mass is 10.2. The van der Waals surface area contributed by atoms with Gasteiger partial charge in [0.05, 0.1) is 5.60 Å². The molecule has 0 aromatic rings. The molecule has 0 fully saturated rings. The summed E-state index contributed by atoms with van der Waals surface area (Å²) in [5, 5.41) is 3.71. The molecule has 0 unspecified atom stereocenters. The Morgan fingerprint density at radius 3 is 2.55 bits per heavy atom. The van der Waals surface area contributed by atoms with Crippen molar-refractivity contribution < 1.29 is 4.74 Å². The van der Waals surface area contributed by atoms with Crippen molar-refractivity contribution in [2.24, 2.45) is 16.7 Å². The fraction of sp³-hybridized carbons (Fsp3) is 0.833. The van der Waals surface area contributed by atoms with Crippen LogP contribution < -0.4 is 11.6 Å². The van der Waals surface area contributed by atoms with Gasteiger partial charge in [-0.2, -0.15) is 5.10 Å². The van der Waals surface area contributed by atoms with E-state index in [-0.39, 0.29) is 5.60 Å². The van der Waals surface area contributed by atoms with E-state index >= 15 is 0 Å². The summed E-state index contributed by atoms with van der Waals surface area (Å²) in [5.74, 6) is 5.69. The van der Waals surface area contributed by atoms with Gasteiger partial charge in [0.15, 0.2) is 5.17 Å². The summed E-state index contributed by atoms with van der Waals surface area (Å²) >= 11 is 1.39. The van der Waals surface area contributed by atoms with Gasteiger partial charge in [0, 0.05) is 12.9 Å². The summed E-state index contributed by atoms with van der Waals surface area (Å²) in [4.78, 5) is 0. The average Bonchev–Trinajstić information content (AvgIpc) is 2.00. The topological polar surface area (TPSA) is 73.6 Å². The Hall–Kier alpha value is -0.420. The van der Waals surface area contributed by atoms with Gasteiger partial charge in [0.1, 0.15) is 0 Å². The number of hydrogen-bond acceptors (Lipinski definition) is 4. The van der Waals surface area contributed by atoms with Gasteiger partial charge < -0.3 is 16.3 Å². The second-order valence-corrected chi connectivity index (χ2v) is 3.72. The van der Waals surface area contributed by atoms with Crippen LogP contribution in [0.5, 0.6) is 0 Å². The molecule has 4 N–H and O–H groups in total. The third-order valence-corrected chi connectivity index (χ3v) is 2.49. The SMILES string of the molecule is COC(C)(C)CS/C(N)=N/N. The molecule has 4 nitrogen and oxygen atoms in total. The second-order valence-electron chi connectivity index (χ2n) is 2.72. The number of nitrogens with two attached hydrogens (primary N) is 2. The Morgan fingerprint density at radius 1 is 1.64 bits per heavy atom. The summed E-state index contributed by atoms with van der Waals surface area (Å²) in [7, 11) is 1.66. The second kappa shape index (κ2) is 4.46. The van der Waals surface area contributed by atoms with Crippen molar-refractivity contribution in [2.45, 2.75) is 19.4 Å². The first-order chi connectivity index (χ1) is 5.02. The van der Waals surface area contributed by atoms with E-state index in [1.54, 1.807) is 7.11 Å². The molecule has 0 heterocycles. The van der Waals surface area contributed by atoms with Crippen LogP contribution in [0, 0.1) is 0 Å². The number of hydrogen-bond donors (Lipinski definition) is 2. The molecule has 0 aliphatic carbocycles. The van der Waals surface area contributed by atoms with Crippen LogP contribution in [0.25, 0.3) is 0 Å². The number of ether oxygens (including phenoxy) is 1. The highest BCUT2D eigenvalue weighted by Gasteiger charge is 2.16. The number of rotatable bonds is 3. The van der Waals surface area contributed by atoms with E-state index in [1.807, 2.05) is 13.8 Å². The zero-order valence-electron chi connectivity index (χ0n) is 7.13. The van der Waals surface area contributed by atoms with Crippen LogP contribution in [0.4, 0.5) is 0 Å². The zero-order chi connectivity index (χ0) is 8.91. The van der Waals surface area contributed by atoms with Crippen molar-refractivity contribution in [3.8, 4) is 0 Å². The van der Waals surface area contributed by atoms with Gasteiger partial charge >= 0.3 is 0 Å². The average molecular weight is 177 g/mol. The molecule has 66 valence electrons. The monoisotopic (exact) mass is 177 g/mol. The molecular formula is C6H15N3OS. The molecule has 0 saturated heterocycles. The van der Waals surface area contributed by atoms with Gasteiger partial charge in [-0.15, -0.1) is 0 Å². The number of thioether (sulfide) groups is 1. The third-order valence-electron chi connectivity index (χ3n) is 1.25. The van der Waals surface area contributed by atoms with Crippen LogP contribution in [0.1, 0.15) is 13.8 Å². The van der Waals surface area contributed by atoms with Gasteiger partial charge in [0.2, 0.25) is 0 Å². The van der Waals surface area contributed by atoms with E-state index in [2.05, 4.69) is 5.10 Å². The molecule has 0 spiro atoms. The molecule has 0 bridgehead atoms. The molecule has 0 rings (SSSR count). The minimum Gasteiger partial charge on any atom is -0.378 e. The summed E-state index contributed by atoms with van der Waals surface area (Å²) in [5.41, 5.74) is 5.19. The number of hydrazone groups is 1. The van der Waals surface area contributed by atoms with Crippen LogP contribution in [0.3, 0.4) is 0 Å².